The van der Waals surface area contributed by atoms with Gasteiger partial charge >= 0.3 is 7.60 Å². The van der Waals surface area contributed by atoms with Gasteiger partial charge in [-0.2, -0.15) is 0 Å². The molecule has 0 saturated heterocycles. The number of allylic oxidation sites excluding steroid dienone is 5. The van der Waals surface area contributed by atoms with E-state index in [-0.39, 0.29) is 43.2 Å². The highest BCUT2D eigenvalue weighted by Crippen LogP contribution is 2.47. The van der Waals surface area contributed by atoms with E-state index < -0.39 is 15.9 Å². The van der Waals surface area contributed by atoms with E-state index in [0.717, 1.165) is 37.5 Å². The summed E-state index contributed by atoms with van der Waals surface area (Å²) < 4.78 is 29.3. The zero-order chi connectivity index (χ0) is 30.1. The zero-order valence-electron chi connectivity index (χ0n) is 25.9. The van der Waals surface area contributed by atoms with Crippen molar-refractivity contribution in [2.75, 3.05) is 25.9 Å². The molecule has 0 unspecified atom stereocenters. The molecule has 0 spiro atoms. The predicted octanol–water partition coefficient (Wildman–Crippen LogP) is 7.63. The van der Waals surface area contributed by atoms with Crippen molar-refractivity contribution in [3.05, 3.63) is 47.6 Å². The minimum atomic E-state index is -3.38. The average molecular weight is 584 g/mol. The molecule has 1 N–H and O–H groups in total. The number of amides is 1. The molecule has 0 bridgehead atoms. The fraction of sp³-hybridized carbons (Fsp3) is 0.667. The Labute approximate surface area is 239 Å². The summed E-state index contributed by atoms with van der Waals surface area (Å²) in [6, 6.07) is 0. The lowest BCUT2D eigenvalue weighted by Gasteiger charge is -2.29. The molecule has 0 aliphatic heterocycles. The molecular formula is C30H54NO6PSi. The Balaban J connectivity index is 4.76. The molecule has 1 amide bonds. The lowest BCUT2D eigenvalue weighted by molar-refractivity contribution is -0.119. The van der Waals surface area contributed by atoms with Gasteiger partial charge in [-0.05, 0) is 90.9 Å². The summed E-state index contributed by atoms with van der Waals surface area (Å²) in [6.07, 6.45) is 11.9. The molecule has 0 saturated carbocycles. The molecule has 224 valence electrons. The number of nitrogens with one attached hydrogen (secondary N) is 1. The summed E-state index contributed by atoms with van der Waals surface area (Å²) in [4.78, 5) is 23.0. The first-order valence-electron chi connectivity index (χ1n) is 14.1. The lowest BCUT2D eigenvalue weighted by Crippen LogP contribution is -2.34. The van der Waals surface area contributed by atoms with Gasteiger partial charge < -0.3 is 18.8 Å². The van der Waals surface area contributed by atoms with Crippen LogP contribution >= 0.6 is 7.60 Å². The normalized spacial score (nSPS) is 15.7. The minimum absolute atomic E-state index is 0.0503. The summed E-state index contributed by atoms with van der Waals surface area (Å²) in [5.74, 6) is 0.0849. The van der Waals surface area contributed by atoms with Gasteiger partial charge in [-0.1, -0.05) is 55.4 Å². The Morgan fingerprint density at radius 3 is 2.23 bits per heavy atom. The molecule has 0 aromatic rings. The first-order chi connectivity index (χ1) is 18.1. The SMILES string of the molecule is C=C(/C=C(\C)C/C(C)=C/C[C@H](O[Si](C)(C)C)[C@@H](C)/C=C/C=O)CC[C@H](C)CNC(=O)CP(=O)(OCC)OCC. The van der Waals surface area contributed by atoms with Gasteiger partial charge in [0.25, 0.3) is 0 Å². The predicted molar refractivity (Wildman–Crippen MR) is 166 cm³/mol. The third-order valence-corrected chi connectivity index (χ3v) is 8.87. The molecule has 0 aliphatic carbocycles. The van der Waals surface area contributed by atoms with E-state index in [4.69, 9.17) is 13.5 Å². The molecule has 0 heterocycles. The first-order valence-corrected chi connectivity index (χ1v) is 19.2. The molecule has 0 aliphatic rings. The van der Waals surface area contributed by atoms with Crippen molar-refractivity contribution in [2.24, 2.45) is 11.8 Å². The Morgan fingerprint density at radius 1 is 1.08 bits per heavy atom. The van der Waals surface area contributed by atoms with Crippen molar-refractivity contribution >= 4 is 28.1 Å². The van der Waals surface area contributed by atoms with Crippen LogP contribution in [0.2, 0.25) is 19.6 Å². The zero-order valence-corrected chi connectivity index (χ0v) is 27.8. The van der Waals surface area contributed by atoms with Gasteiger partial charge in [-0.15, -0.1) is 0 Å². The number of carbonyl (C=O) groups excluding carboxylic acids is 2. The summed E-state index contributed by atoms with van der Waals surface area (Å²) in [5.41, 5.74) is 3.58. The van der Waals surface area contributed by atoms with Crippen LogP contribution in [0.25, 0.3) is 0 Å². The van der Waals surface area contributed by atoms with Crippen LogP contribution in [-0.2, 0) is 27.6 Å². The van der Waals surface area contributed by atoms with Crippen LogP contribution in [0.15, 0.2) is 47.6 Å². The maximum absolute atomic E-state index is 12.5. The fourth-order valence-electron chi connectivity index (χ4n) is 4.05. The quantitative estimate of drug-likeness (QED) is 0.0373. The molecule has 0 aromatic carbocycles. The molecule has 0 radical (unpaired) electrons. The number of rotatable bonds is 21. The Kier molecular flexibility index (Phi) is 18.7. The van der Waals surface area contributed by atoms with Crippen molar-refractivity contribution < 1.29 is 27.6 Å². The summed E-state index contributed by atoms with van der Waals surface area (Å²) in [6.45, 7) is 23.6. The van der Waals surface area contributed by atoms with Gasteiger partial charge in [0.15, 0.2) is 8.32 Å². The van der Waals surface area contributed by atoms with Crippen LogP contribution < -0.4 is 5.32 Å². The van der Waals surface area contributed by atoms with Crippen molar-refractivity contribution in [3.63, 3.8) is 0 Å². The largest absolute Gasteiger partial charge is 0.414 e. The summed E-state index contributed by atoms with van der Waals surface area (Å²) in [7, 11) is -5.10. The topological polar surface area (TPSA) is 90.9 Å². The van der Waals surface area contributed by atoms with Gasteiger partial charge in [0.2, 0.25) is 5.91 Å². The number of hydrogen-bond donors (Lipinski definition) is 1. The standard InChI is InChI=1S/C30H54NO6PSi/c1-11-35-38(34,36-12-2)23-30(33)31-22-26(5)16-15-24(3)20-27(6)21-25(4)17-18-29(37-39(8,9)10)28(7)14-13-19-32/h13-14,17,19-20,26,28-29H,3,11-12,15-16,18,21-23H2,1-2,4-10H3,(H,31,33)/b14-13+,25-17+,27-20+/t26-,28-,29-/m0/s1. The minimum Gasteiger partial charge on any atom is -0.414 e. The maximum atomic E-state index is 12.5. The van der Waals surface area contributed by atoms with E-state index >= 15 is 0 Å². The van der Waals surface area contributed by atoms with Gasteiger partial charge in [-0.25, -0.2) is 0 Å². The number of carbonyl (C=O) groups is 2. The van der Waals surface area contributed by atoms with E-state index in [2.05, 4.69) is 71.4 Å². The molecule has 7 nitrogen and oxygen atoms in total. The molecule has 9 heteroatoms. The molecule has 0 aromatic heterocycles. The highest BCUT2D eigenvalue weighted by atomic mass is 31.2. The van der Waals surface area contributed by atoms with Crippen LogP contribution in [0, 0.1) is 11.8 Å². The van der Waals surface area contributed by atoms with Gasteiger partial charge in [-0.3, -0.25) is 14.2 Å². The number of aldehydes is 1. The van der Waals surface area contributed by atoms with E-state index in [1.165, 1.54) is 11.1 Å². The fourth-order valence-corrected chi connectivity index (χ4v) is 6.77. The second kappa shape index (κ2) is 19.5. The van der Waals surface area contributed by atoms with Crippen molar-refractivity contribution in [1.82, 2.24) is 5.32 Å². The van der Waals surface area contributed by atoms with E-state index in [9.17, 15) is 14.2 Å². The van der Waals surface area contributed by atoms with E-state index in [1.807, 2.05) is 6.08 Å². The molecular weight excluding hydrogens is 529 g/mol. The monoisotopic (exact) mass is 583 g/mol. The van der Waals surface area contributed by atoms with Crippen molar-refractivity contribution in [2.45, 2.75) is 93.0 Å². The summed E-state index contributed by atoms with van der Waals surface area (Å²) >= 11 is 0. The summed E-state index contributed by atoms with van der Waals surface area (Å²) in [5, 5.41) is 2.85. The van der Waals surface area contributed by atoms with Crippen molar-refractivity contribution in [1.29, 1.82) is 0 Å². The number of hydrogen-bond acceptors (Lipinski definition) is 6. The maximum Gasteiger partial charge on any atom is 0.340 e. The van der Waals surface area contributed by atoms with Gasteiger partial charge in [0, 0.05) is 6.54 Å². The van der Waals surface area contributed by atoms with Crippen molar-refractivity contribution in [3.8, 4) is 0 Å². The molecule has 0 rings (SSSR count). The second-order valence-electron chi connectivity index (χ2n) is 11.3. The Hall–Kier alpha value is -1.57. The smallest absolute Gasteiger partial charge is 0.340 e. The Bertz CT molecular complexity index is 896. The average Bonchev–Trinajstić information content (AvgIpc) is 2.81. The molecule has 3 atom stereocenters. The Morgan fingerprint density at radius 2 is 1.69 bits per heavy atom. The van der Waals surface area contributed by atoms with E-state index in [1.54, 1.807) is 19.9 Å². The third kappa shape index (κ3) is 19.2. The van der Waals surface area contributed by atoms with Crippen LogP contribution in [0.5, 0.6) is 0 Å². The third-order valence-electron chi connectivity index (χ3n) is 5.89. The van der Waals surface area contributed by atoms with Crippen LogP contribution in [0.3, 0.4) is 0 Å². The second-order valence-corrected chi connectivity index (χ2v) is 17.8. The molecule has 39 heavy (non-hydrogen) atoms. The van der Waals surface area contributed by atoms with E-state index in [0.29, 0.717) is 6.54 Å². The first kappa shape index (κ1) is 37.4. The lowest BCUT2D eigenvalue weighted by atomic mass is 9.97. The van der Waals surface area contributed by atoms with Crippen LogP contribution in [0.1, 0.15) is 67.2 Å². The molecule has 0 fully saturated rings. The van der Waals surface area contributed by atoms with Gasteiger partial charge in [0.05, 0.1) is 19.3 Å². The van der Waals surface area contributed by atoms with Crippen LogP contribution in [0.4, 0.5) is 0 Å². The highest BCUT2D eigenvalue weighted by Gasteiger charge is 2.27. The van der Waals surface area contributed by atoms with Crippen LogP contribution in [-0.4, -0.2) is 52.5 Å². The highest BCUT2D eigenvalue weighted by molar-refractivity contribution is 7.54. The van der Waals surface area contributed by atoms with Gasteiger partial charge in [0.1, 0.15) is 12.4 Å².